The molecule has 29 heavy (non-hydrogen) atoms. The number of nitro benzene ring substituents is 1. The number of benzene rings is 3. The van der Waals surface area contributed by atoms with Gasteiger partial charge in [-0.1, -0.05) is 23.7 Å². The minimum atomic E-state index is -0.436. The molecule has 0 saturated carbocycles. The predicted molar refractivity (Wildman–Crippen MR) is 112 cm³/mol. The fraction of sp³-hybridized carbons (Fsp3) is 0.0455. The van der Waals surface area contributed by atoms with Crippen LogP contribution in [0.3, 0.4) is 0 Å². The number of carbonyl (C=O) groups excluding carboxylic acids is 1. The van der Waals surface area contributed by atoms with Gasteiger partial charge in [-0.25, -0.2) is 0 Å². The smallest absolute Gasteiger partial charge is 0.269 e. The number of nitro groups is 1. The number of amides is 1. The summed E-state index contributed by atoms with van der Waals surface area (Å²) in [6.07, 6.45) is 1.80. The van der Waals surface area contributed by atoms with Crippen LogP contribution in [0.15, 0.2) is 66.7 Å². The summed E-state index contributed by atoms with van der Waals surface area (Å²) in [6, 6.07) is 18.8. The van der Waals surface area contributed by atoms with Crippen LogP contribution in [-0.4, -0.2) is 10.8 Å². The number of hydrogen-bond donors (Lipinski definition) is 1. The Hall–Kier alpha value is -3.64. The molecule has 0 fully saturated rings. The van der Waals surface area contributed by atoms with Crippen LogP contribution in [0.2, 0.25) is 5.02 Å². The molecule has 0 aromatic heterocycles. The van der Waals surface area contributed by atoms with Crippen molar-refractivity contribution in [2.45, 2.75) is 6.61 Å². The minimum absolute atomic E-state index is 0.0463. The first-order valence-corrected chi connectivity index (χ1v) is 9.16. The lowest BCUT2D eigenvalue weighted by Crippen LogP contribution is -2.03. The number of hydrogen-bond acceptors (Lipinski definition) is 4. The van der Waals surface area contributed by atoms with E-state index in [9.17, 15) is 14.9 Å². The highest BCUT2D eigenvalue weighted by Gasteiger charge is 2.24. The highest BCUT2D eigenvalue weighted by Crippen LogP contribution is 2.35. The Balaban J connectivity index is 1.46. The first kappa shape index (κ1) is 18.7. The van der Waals surface area contributed by atoms with Gasteiger partial charge in [-0.3, -0.25) is 14.9 Å². The highest BCUT2D eigenvalue weighted by atomic mass is 35.5. The maximum Gasteiger partial charge on any atom is 0.269 e. The van der Waals surface area contributed by atoms with Crippen molar-refractivity contribution in [2.24, 2.45) is 0 Å². The number of anilines is 1. The van der Waals surface area contributed by atoms with Crippen LogP contribution >= 0.6 is 11.6 Å². The zero-order valence-electron chi connectivity index (χ0n) is 15.1. The lowest BCUT2D eigenvalue weighted by molar-refractivity contribution is -0.384. The molecule has 0 atom stereocenters. The van der Waals surface area contributed by atoms with Gasteiger partial charge in [0, 0.05) is 34.0 Å². The molecular weight excluding hydrogens is 392 g/mol. The molecule has 4 rings (SSSR count). The molecule has 3 aromatic carbocycles. The molecule has 1 heterocycles. The quantitative estimate of drug-likeness (QED) is 0.353. The van der Waals surface area contributed by atoms with Gasteiger partial charge in [0.05, 0.1) is 4.92 Å². The van der Waals surface area contributed by atoms with Crippen molar-refractivity contribution in [1.82, 2.24) is 0 Å². The Morgan fingerprint density at radius 2 is 1.76 bits per heavy atom. The molecule has 0 aliphatic carbocycles. The second-order valence-corrected chi connectivity index (χ2v) is 6.92. The summed E-state index contributed by atoms with van der Waals surface area (Å²) in [6.45, 7) is 0.298. The molecular formula is C22H15ClN2O4. The number of halogens is 1. The average molecular weight is 407 g/mol. The van der Waals surface area contributed by atoms with Crippen molar-refractivity contribution in [3.63, 3.8) is 0 Å². The molecule has 1 aliphatic heterocycles. The monoisotopic (exact) mass is 406 g/mol. The summed E-state index contributed by atoms with van der Waals surface area (Å²) in [4.78, 5) is 22.5. The second kappa shape index (κ2) is 7.77. The van der Waals surface area contributed by atoms with Gasteiger partial charge in [0.2, 0.25) is 0 Å². The Morgan fingerprint density at radius 1 is 1.03 bits per heavy atom. The summed E-state index contributed by atoms with van der Waals surface area (Å²) in [5.41, 5.74) is 3.81. The van der Waals surface area contributed by atoms with Gasteiger partial charge >= 0.3 is 0 Å². The minimum Gasteiger partial charge on any atom is -0.489 e. The number of nitrogens with zero attached hydrogens (tertiary/aromatic N) is 1. The van der Waals surface area contributed by atoms with Gasteiger partial charge in [-0.05, 0) is 59.7 Å². The number of rotatable bonds is 5. The van der Waals surface area contributed by atoms with Crippen molar-refractivity contribution >= 4 is 40.5 Å². The van der Waals surface area contributed by atoms with E-state index in [1.807, 2.05) is 24.3 Å². The summed E-state index contributed by atoms with van der Waals surface area (Å²) < 4.78 is 5.72. The van der Waals surface area contributed by atoms with Crippen molar-refractivity contribution < 1.29 is 14.5 Å². The van der Waals surface area contributed by atoms with E-state index in [1.54, 1.807) is 36.4 Å². The third-order valence-electron chi connectivity index (χ3n) is 4.51. The Morgan fingerprint density at radius 3 is 2.45 bits per heavy atom. The van der Waals surface area contributed by atoms with Crippen molar-refractivity contribution in [2.75, 3.05) is 5.32 Å². The SMILES string of the molecule is O=C1Nc2ccc(Cl)cc2/C1=C/c1ccc(OCc2ccc([N+](=O)[O-])cc2)cc1. The Kier molecular flexibility index (Phi) is 5.01. The molecule has 1 N–H and O–H groups in total. The van der Waals surface area contributed by atoms with Gasteiger partial charge in [0.1, 0.15) is 12.4 Å². The number of fused-ring (bicyclic) bond motifs is 1. The Labute approximate surface area is 171 Å². The lowest BCUT2D eigenvalue weighted by atomic mass is 10.0. The number of nitrogens with one attached hydrogen (secondary N) is 1. The highest BCUT2D eigenvalue weighted by molar-refractivity contribution is 6.36. The van der Waals surface area contributed by atoms with Crippen LogP contribution in [-0.2, 0) is 11.4 Å². The second-order valence-electron chi connectivity index (χ2n) is 6.48. The van der Waals surface area contributed by atoms with Gasteiger partial charge in [0.25, 0.3) is 11.6 Å². The molecule has 3 aromatic rings. The third kappa shape index (κ3) is 4.12. The largest absolute Gasteiger partial charge is 0.489 e. The molecule has 0 unspecified atom stereocenters. The number of ether oxygens (including phenoxy) is 1. The summed E-state index contributed by atoms with van der Waals surface area (Å²) in [5.74, 6) is 0.491. The van der Waals surface area contributed by atoms with Crippen molar-refractivity contribution in [1.29, 1.82) is 0 Å². The van der Waals surface area contributed by atoms with Crippen LogP contribution in [0.1, 0.15) is 16.7 Å². The molecule has 0 bridgehead atoms. The maximum absolute atomic E-state index is 12.2. The van der Waals surface area contributed by atoms with E-state index in [0.717, 1.165) is 22.4 Å². The molecule has 1 aliphatic rings. The van der Waals surface area contributed by atoms with Gasteiger partial charge in [0.15, 0.2) is 0 Å². The van der Waals surface area contributed by atoms with Gasteiger partial charge in [-0.2, -0.15) is 0 Å². The topological polar surface area (TPSA) is 81.5 Å². The third-order valence-corrected chi connectivity index (χ3v) is 4.74. The predicted octanol–water partition coefficient (Wildman–Crippen LogP) is 5.32. The van der Waals surface area contributed by atoms with Gasteiger partial charge in [-0.15, -0.1) is 0 Å². The molecule has 0 saturated heterocycles. The van der Waals surface area contributed by atoms with Crippen LogP contribution in [0.5, 0.6) is 5.75 Å². The number of non-ortho nitro benzene ring substituents is 1. The van der Waals surface area contributed by atoms with Crippen LogP contribution in [0, 0.1) is 10.1 Å². The van der Waals surface area contributed by atoms with E-state index in [2.05, 4.69) is 5.32 Å². The van der Waals surface area contributed by atoms with E-state index in [4.69, 9.17) is 16.3 Å². The zero-order valence-corrected chi connectivity index (χ0v) is 15.8. The maximum atomic E-state index is 12.2. The number of carbonyl (C=O) groups is 1. The fourth-order valence-electron chi connectivity index (χ4n) is 3.01. The van der Waals surface area contributed by atoms with E-state index in [0.29, 0.717) is 23.0 Å². The van der Waals surface area contributed by atoms with E-state index < -0.39 is 4.92 Å². The first-order valence-electron chi connectivity index (χ1n) is 8.79. The summed E-state index contributed by atoms with van der Waals surface area (Å²) >= 11 is 6.05. The van der Waals surface area contributed by atoms with E-state index >= 15 is 0 Å². The summed E-state index contributed by atoms with van der Waals surface area (Å²) in [5, 5.41) is 14.1. The first-order chi connectivity index (χ1) is 14.0. The molecule has 0 radical (unpaired) electrons. The Bertz CT molecular complexity index is 1120. The zero-order chi connectivity index (χ0) is 20.4. The van der Waals surface area contributed by atoms with E-state index in [1.165, 1.54) is 12.1 Å². The standard InChI is InChI=1S/C22H15ClN2O4/c23-16-5-10-21-19(12-16)20(22(26)24-21)11-14-3-8-18(9-4-14)29-13-15-1-6-17(7-2-15)25(27)28/h1-12H,13H2,(H,24,26)/b20-11-. The van der Waals surface area contributed by atoms with Gasteiger partial charge < -0.3 is 10.1 Å². The van der Waals surface area contributed by atoms with E-state index in [-0.39, 0.29) is 11.6 Å². The van der Waals surface area contributed by atoms with Crippen molar-refractivity contribution in [3.05, 3.63) is 98.6 Å². The van der Waals surface area contributed by atoms with Crippen LogP contribution < -0.4 is 10.1 Å². The molecule has 7 heteroatoms. The summed E-state index contributed by atoms with van der Waals surface area (Å²) in [7, 11) is 0. The molecule has 144 valence electrons. The van der Waals surface area contributed by atoms with Crippen molar-refractivity contribution in [3.8, 4) is 5.75 Å². The molecule has 6 nitrogen and oxygen atoms in total. The normalized spacial score (nSPS) is 13.8. The fourth-order valence-corrected chi connectivity index (χ4v) is 3.18. The van der Waals surface area contributed by atoms with Crippen LogP contribution in [0.4, 0.5) is 11.4 Å². The van der Waals surface area contributed by atoms with Crippen LogP contribution in [0.25, 0.3) is 11.6 Å². The molecule has 1 amide bonds. The molecule has 0 spiro atoms. The lowest BCUT2D eigenvalue weighted by Gasteiger charge is -2.07. The average Bonchev–Trinajstić information content (AvgIpc) is 3.02.